The molecule has 0 fully saturated rings. The largest absolute Gasteiger partial charge is 0.198 e. The average Bonchev–Trinajstić information content (AvgIpc) is 2.01. The molecule has 0 aliphatic rings. The molecule has 0 aliphatic heterocycles. The van der Waals surface area contributed by atoms with Gasteiger partial charge in [-0.15, -0.1) is 0 Å². The van der Waals surface area contributed by atoms with Gasteiger partial charge in [0.2, 0.25) is 0 Å². The molecule has 1 radical (unpaired) electrons. The van der Waals surface area contributed by atoms with Gasteiger partial charge in [-0.05, 0) is 17.7 Å². The van der Waals surface area contributed by atoms with Gasteiger partial charge in [-0.1, -0.05) is 23.7 Å². The van der Waals surface area contributed by atoms with E-state index in [2.05, 4.69) is 0 Å². The summed E-state index contributed by atoms with van der Waals surface area (Å²) in [5.41, 5.74) is 0.999. The highest BCUT2D eigenvalue weighted by Gasteiger charge is 1.92. The van der Waals surface area contributed by atoms with E-state index in [-0.39, 0.29) is 0 Å². The first-order chi connectivity index (χ1) is 5.33. The Kier molecular flexibility index (Phi) is 2.95. The third kappa shape index (κ3) is 2.61. The predicted molar refractivity (Wildman–Crippen MR) is 45.1 cm³/mol. The molecule has 1 aromatic carbocycles. The molecule has 0 saturated carbocycles. The minimum atomic E-state index is 0.431. The van der Waals surface area contributed by atoms with Gasteiger partial charge in [-0.25, -0.2) is 0 Å². The molecule has 0 N–H and O–H groups in total. The fourth-order valence-corrected chi connectivity index (χ4v) is 0.996. The summed E-state index contributed by atoms with van der Waals surface area (Å²) >= 11 is 5.72. The SMILES string of the molecule is N#CC[CH]c1cccc(Cl)c1. The van der Waals surface area contributed by atoms with Crippen LogP contribution in [0.3, 0.4) is 0 Å². The van der Waals surface area contributed by atoms with Gasteiger partial charge in [0.15, 0.2) is 0 Å². The van der Waals surface area contributed by atoms with Crippen LogP contribution in [0.5, 0.6) is 0 Å². The lowest BCUT2D eigenvalue weighted by Gasteiger charge is -1.95. The molecule has 0 aromatic heterocycles. The lowest BCUT2D eigenvalue weighted by atomic mass is 10.1. The Morgan fingerprint density at radius 3 is 3.00 bits per heavy atom. The molecular weight excluding hydrogens is 158 g/mol. The zero-order chi connectivity index (χ0) is 8.10. The van der Waals surface area contributed by atoms with Crippen LogP contribution in [0.15, 0.2) is 24.3 Å². The summed E-state index contributed by atoms with van der Waals surface area (Å²) in [6.45, 7) is 0. The van der Waals surface area contributed by atoms with E-state index >= 15 is 0 Å². The summed E-state index contributed by atoms with van der Waals surface area (Å²) in [5, 5.41) is 8.99. The number of nitriles is 1. The summed E-state index contributed by atoms with van der Waals surface area (Å²) in [4.78, 5) is 0. The summed E-state index contributed by atoms with van der Waals surface area (Å²) in [7, 11) is 0. The second-order valence-electron chi connectivity index (χ2n) is 2.12. The van der Waals surface area contributed by atoms with E-state index in [1.807, 2.05) is 36.8 Å². The summed E-state index contributed by atoms with van der Waals surface area (Å²) in [6, 6.07) is 9.47. The van der Waals surface area contributed by atoms with E-state index in [0.29, 0.717) is 11.4 Å². The van der Waals surface area contributed by atoms with Gasteiger partial charge in [0, 0.05) is 17.9 Å². The van der Waals surface area contributed by atoms with E-state index < -0.39 is 0 Å². The fourth-order valence-electron chi connectivity index (χ4n) is 0.797. The lowest BCUT2D eigenvalue weighted by molar-refractivity contribution is 1.24. The first kappa shape index (κ1) is 8.10. The Morgan fingerprint density at radius 2 is 2.36 bits per heavy atom. The smallest absolute Gasteiger partial charge is 0.0628 e. The highest BCUT2D eigenvalue weighted by Crippen LogP contribution is 2.12. The van der Waals surface area contributed by atoms with Crippen molar-refractivity contribution in [3.05, 3.63) is 41.3 Å². The van der Waals surface area contributed by atoms with Crippen molar-refractivity contribution >= 4 is 11.6 Å². The van der Waals surface area contributed by atoms with Crippen LogP contribution < -0.4 is 0 Å². The topological polar surface area (TPSA) is 23.8 Å². The van der Waals surface area contributed by atoms with Gasteiger partial charge in [0.1, 0.15) is 0 Å². The number of halogens is 1. The minimum Gasteiger partial charge on any atom is -0.198 e. The summed E-state index contributed by atoms with van der Waals surface area (Å²) < 4.78 is 0. The van der Waals surface area contributed by atoms with Crippen LogP contribution in [0.4, 0.5) is 0 Å². The van der Waals surface area contributed by atoms with Crippen LogP contribution >= 0.6 is 11.6 Å². The molecular formula is C9H7ClN. The maximum Gasteiger partial charge on any atom is 0.0628 e. The maximum absolute atomic E-state index is 8.28. The number of nitrogens with zero attached hydrogens (tertiary/aromatic N) is 1. The van der Waals surface area contributed by atoms with Crippen LogP contribution in [-0.2, 0) is 0 Å². The normalized spacial score (nSPS) is 9.09. The van der Waals surface area contributed by atoms with Gasteiger partial charge in [0.05, 0.1) is 6.07 Å². The third-order valence-corrected chi connectivity index (χ3v) is 1.51. The average molecular weight is 165 g/mol. The van der Waals surface area contributed by atoms with Crippen molar-refractivity contribution in [2.24, 2.45) is 0 Å². The van der Waals surface area contributed by atoms with Gasteiger partial charge in [-0.3, -0.25) is 0 Å². The number of rotatable bonds is 2. The van der Waals surface area contributed by atoms with Gasteiger partial charge < -0.3 is 0 Å². The molecule has 55 valence electrons. The van der Waals surface area contributed by atoms with Crippen molar-refractivity contribution in [1.82, 2.24) is 0 Å². The molecule has 1 aromatic rings. The summed E-state index contributed by atoms with van der Waals surface area (Å²) in [6.07, 6.45) is 2.27. The Morgan fingerprint density at radius 1 is 1.55 bits per heavy atom. The van der Waals surface area contributed by atoms with Gasteiger partial charge >= 0.3 is 0 Å². The van der Waals surface area contributed by atoms with Gasteiger partial charge in [-0.2, -0.15) is 5.26 Å². The number of hydrogen-bond acceptors (Lipinski definition) is 1. The zero-order valence-corrected chi connectivity index (χ0v) is 6.67. The van der Waals surface area contributed by atoms with E-state index in [1.54, 1.807) is 0 Å². The molecule has 0 spiro atoms. The van der Waals surface area contributed by atoms with Crippen LogP contribution in [0, 0.1) is 17.8 Å². The van der Waals surface area contributed by atoms with Crippen molar-refractivity contribution < 1.29 is 0 Å². The van der Waals surface area contributed by atoms with Crippen LogP contribution in [0.2, 0.25) is 5.02 Å². The van der Waals surface area contributed by atoms with Crippen LogP contribution in [0.25, 0.3) is 0 Å². The van der Waals surface area contributed by atoms with Gasteiger partial charge in [0.25, 0.3) is 0 Å². The molecule has 0 bridgehead atoms. The monoisotopic (exact) mass is 164 g/mol. The van der Waals surface area contributed by atoms with Crippen molar-refractivity contribution in [1.29, 1.82) is 5.26 Å². The highest BCUT2D eigenvalue weighted by molar-refractivity contribution is 6.30. The van der Waals surface area contributed by atoms with Crippen LogP contribution in [0.1, 0.15) is 12.0 Å². The van der Waals surface area contributed by atoms with Crippen molar-refractivity contribution in [2.75, 3.05) is 0 Å². The Labute approximate surface area is 71.2 Å². The second-order valence-corrected chi connectivity index (χ2v) is 2.56. The Hall–Kier alpha value is -1.00. The van der Waals surface area contributed by atoms with E-state index in [4.69, 9.17) is 16.9 Å². The zero-order valence-electron chi connectivity index (χ0n) is 5.92. The Balaban J connectivity index is 2.65. The molecule has 0 aliphatic carbocycles. The van der Waals surface area contributed by atoms with E-state index in [9.17, 15) is 0 Å². The first-order valence-corrected chi connectivity index (χ1v) is 3.66. The Bertz CT molecular complexity index is 275. The van der Waals surface area contributed by atoms with E-state index in [1.165, 1.54) is 0 Å². The quantitative estimate of drug-likeness (QED) is 0.660. The molecule has 1 nitrogen and oxygen atoms in total. The van der Waals surface area contributed by atoms with Crippen molar-refractivity contribution in [3.63, 3.8) is 0 Å². The number of benzene rings is 1. The van der Waals surface area contributed by atoms with Crippen LogP contribution in [-0.4, -0.2) is 0 Å². The van der Waals surface area contributed by atoms with Crippen molar-refractivity contribution in [3.8, 4) is 6.07 Å². The second kappa shape index (κ2) is 4.00. The lowest BCUT2D eigenvalue weighted by Crippen LogP contribution is -1.78. The summed E-state index contributed by atoms with van der Waals surface area (Å²) in [5.74, 6) is 0. The molecule has 0 saturated heterocycles. The highest BCUT2D eigenvalue weighted by atomic mass is 35.5. The molecule has 0 unspecified atom stereocenters. The predicted octanol–water partition coefficient (Wildman–Crippen LogP) is 2.81. The number of hydrogen-bond donors (Lipinski definition) is 0. The molecule has 0 heterocycles. The molecule has 0 atom stereocenters. The standard InChI is InChI=1S/C9H7ClN/c10-9-5-1-3-8(7-9)4-2-6-11/h1,3-5,7H,2H2. The minimum absolute atomic E-state index is 0.431. The van der Waals surface area contributed by atoms with E-state index in [0.717, 1.165) is 5.56 Å². The maximum atomic E-state index is 8.28. The molecule has 2 heteroatoms. The fraction of sp³-hybridized carbons (Fsp3) is 0.111. The molecule has 11 heavy (non-hydrogen) atoms. The molecule has 1 rings (SSSR count). The first-order valence-electron chi connectivity index (χ1n) is 3.28. The van der Waals surface area contributed by atoms with Crippen molar-refractivity contribution in [2.45, 2.75) is 6.42 Å². The third-order valence-electron chi connectivity index (χ3n) is 1.28. The molecule has 0 amide bonds.